The largest absolute Gasteiger partial charge is 0.391 e. The summed E-state index contributed by atoms with van der Waals surface area (Å²) in [5.41, 5.74) is 0. The number of aliphatic hydroxyl groups is 1. The minimum atomic E-state index is -0.391. The van der Waals surface area contributed by atoms with E-state index in [0.29, 0.717) is 50.7 Å². The summed E-state index contributed by atoms with van der Waals surface area (Å²) < 4.78 is 26.9. The lowest BCUT2D eigenvalue weighted by Gasteiger charge is -2.18. The Balaban J connectivity index is 1.24. The number of ether oxygens (including phenoxy) is 5. The van der Waals surface area contributed by atoms with E-state index in [-0.39, 0.29) is 0 Å². The van der Waals surface area contributed by atoms with Gasteiger partial charge in [-0.15, -0.1) is 0 Å². The SMILES string of the molecule is OC(CCC1CO1)COCC(CCC1CO1)COCC1CO1. The fourth-order valence-electron chi connectivity index (χ4n) is 2.47. The maximum absolute atomic E-state index is 9.88. The normalized spacial score (nSPS) is 31.8. The van der Waals surface area contributed by atoms with E-state index in [0.717, 1.165) is 45.5 Å². The molecule has 5 unspecified atom stereocenters. The topological polar surface area (TPSA) is 76.3 Å². The first kappa shape index (κ1) is 16.6. The molecular formula is C16H28O6. The molecule has 0 radical (unpaired) electrons. The van der Waals surface area contributed by atoms with Crippen LogP contribution in [0.4, 0.5) is 0 Å². The second kappa shape index (κ2) is 8.57. The molecule has 6 nitrogen and oxygen atoms in total. The van der Waals surface area contributed by atoms with Crippen molar-refractivity contribution in [1.29, 1.82) is 0 Å². The first-order valence-electron chi connectivity index (χ1n) is 8.48. The second-order valence-electron chi connectivity index (χ2n) is 6.62. The average Bonchev–Trinajstić information content (AvgIpc) is 3.38. The number of rotatable bonds is 14. The summed E-state index contributed by atoms with van der Waals surface area (Å²) in [6.45, 7) is 4.98. The molecule has 1 N–H and O–H groups in total. The van der Waals surface area contributed by atoms with Gasteiger partial charge >= 0.3 is 0 Å². The zero-order valence-electron chi connectivity index (χ0n) is 13.2. The zero-order chi connectivity index (χ0) is 15.2. The van der Waals surface area contributed by atoms with E-state index in [1.165, 1.54) is 0 Å². The van der Waals surface area contributed by atoms with Gasteiger partial charge in [0.15, 0.2) is 0 Å². The standard InChI is InChI=1S/C16H28O6/c17-13(2-4-15-10-21-15)7-18-5-12(1-3-14-9-20-14)6-19-8-16-11-22-16/h12-17H,1-11H2. The van der Waals surface area contributed by atoms with Crippen molar-refractivity contribution >= 4 is 0 Å². The fourth-order valence-corrected chi connectivity index (χ4v) is 2.47. The summed E-state index contributed by atoms with van der Waals surface area (Å²) in [5.74, 6) is 0.363. The lowest BCUT2D eigenvalue weighted by molar-refractivity contribution is -0.00766. The van der Waals surface area contributed by atoms with Crippen LogP contribution in [-0.2, 0) is 23.7 Å². The van der Waals surface area contributed by atoms with Gasteiger partial charge in [0.05, 0.1) is 64.6 Å². The maximum atomic E-state index is 9.88. The van der Waals surface area contributed by atoms with Crippen LogP contribution in [0.15, 0.2) is 0 Å². The van der Waals surface area contributed by atoms with Crippen LogP contribution in [0.2, 0.25) is 0 Å². The highest BCUT2D eigenvalue weighted by atomic mass is 16.6. The molecule has 3 heterocycles. The number of epoxide rings is 3. The molecule has 0 saturated carbocycles. The Labute approximate surface area is 132 Å². The van der Waals surface area contributed by atoms with E-state index < -0.39 is 6.10 Å². The van der Waals surface area contributed by atoms with Gasteiger partial charge in [-0.2, -0.15) is 0 Å². The van der Waals surface area contributed by atoms with Crippen LogP contribution in [0.5, 0.6) is 0 Å². The predicted molar refractivity (Wildman–Crippen MR) is 78.8 cm³/mol. The molecule has 3 fully saturated rings. The molecule has 0 aliphatic carbocycles. The maximum Gasteiger partial charge on any atom is 0.104 e. The van der Waals surface area contributed by atoms with Gasteiger partial charge in [0, 0.05) is 5.92 Å². The molecule has 0 aromatic rings. The molecule has 3 aliphatic rings. The molecule has 128 valence electrons. The third-order valence-corrected chi connectivity index (χ3v) is 4.25. The molecule has 0 bridgehead atoms. The van der Waals surface area contributed by atoms with Gasteiger partial charge in [0.1, 0.15) is 6.10 Å². The predicted octanol–water partition coefficient (Wildman–Crippen LogP) is 0.754. The van der Waals surface area contributed by atoms with Crippen molar-refractivity contribution < 1.29 is 28.8 Å². The van der Waals surface area contributed by atoms with Crippen LogP contribution in [0.3, 0.4) is 0 Å². The van der Waals surface area contributed by atoms with Gasteiger partial charge in [-0.05, 0) is 25.7 Å². The Hall–Kier alpha value is -0.240. The first-order valence-corrected chi connectivity index (χ1v) is 8.48. The molecule has 0 aromatic heterocycles. The third-order valence-electron chi connectivity index (χ3n) is 4.25. The fraction of sp³-hybridized carbons (Fsp3) is 1.00. The molecule has 3 rings (SSSR count). The first-order chi connectivity index (χ1) is 10.8. The van der Waals surface area contributed by atoms with Crippen LogP contribution in [0.25, 0.3) is 0 Å². The highest BCUT2D eigenvalue weighted by molar-refractivity contribution is 4.73. The zero-order valence-corrected chi connectivity index (χ0v) is 13.2. The molecule has 22 heavy (non-hydrogen) atoms. The van der Waals surface area contributed by atoms with Gasteiger partial charge in [0.25, 0.3) is 0 Å². The van der Waals surface area contributed by atoms with Gasteiger partial charge < -0.3 is 28.8 Å². The van der Waals surface area contributed by atoms with Crippen LogP contribution < -0.4 is 0 Å². The number of hydrogen-bond donors (Lipinski definition) is 1. The highest BCUT2D eigenvalue weighted by Gasteiger charge is 2.26. The van der Waals surface area contributed by atoms with Crippen molar-refractivity contribution in [2.75, 3.05) is 46.2 Å². The molecule has 0 aromatic carbocycles. The van der Waals surface area contributed by atoms with Crippen LogP contribution in [0.1, 0.15) is 25.7 Å². The van der Waals surface area contributed by atoms with E-state index >= 15 is 0 Å². The van der Waals surface area contributed by atoms with Crippen molar-refractivity contribution in [2.45, 2.75) is 50.1 Å². The van der Waals surface area contributed by atoms with Gasteiger partial charge in [-0.25, -0.2) is 0 Å². The average molecular weight is 316 g/mol. The van der Waals surface area contributed by atoms with Crippen LogP contribution in [-0.4, -0.2) is 75.8 Å². The van der Waals surface area contributed by atoms with Crippen molar-refractivity contribution in [1.82, 2.24) is 0 Å². The molecular weight excluding hydrogens is 288 g/mol. The summed E-state index contributed by atoms with van der Waals surface area (Å²) in [4.78, 5) is 0. The monoisotopic (exact) mass is 316 g/mol. The van der Waals surface area contributed by atoms with Crippen molar-refractivity contribution in [3.05, 3.63) is 0 Å². The minimum absolute atomic E-state index is 0.305. The van der Waals surface area contributed by atoms with Gasteiger partial charge in [0.2, 0.25) is 0 Å². The van der Waals surface area contributed by atoms with Crippen molar-refractivity contribution in [2.24, 2.45) is 5.92 Å². The molecule has 3 aliphatic heterocycles. The van der Waals surface area contributed by atoms with E-state index in [1.807, 2.05) is 0 Å². The van der Waals surface area contributed by atoms with E-state index in [9.17, 15) is 5.11 Å². The summed E-state index contributed by atoms with van der Waals surface area (Å²) in [5, 5.41) is 9.88. The molecule has 6 heteroatoms. The Kier molecular flexibility index (Phi) is 6.47. The van der Waals surface area contributed by atoms with E-state index in [1.54, 1.807) is 0 Å². The Morgan fingerprint density at radius 2 is 1.41 bits per heavy atom. The minimum Gasteiger partial charge on any atom is -0.391 e. The lowest BCUT2D eigenvalue weighted by Crippen LogP contribution is -2.23. The molecule has 5 atom stereocenters. The summed E-state index contributed by atoms with van der Waals surface area (Å²) in [6, 6.07) is 0. The Morgan fingerprint density at radius 1 is 0.818 bits per heavy atom. The lowest BCUT2D eigenvalue weighted by atomic mass is 10.0. The second-order valence-corrected chi connectivity index (χ2v) is 6.62. The molecule has 0 amide bonds. The van der Waals surface area contributed by atoms with E-state index in [2.05, 4.69) is 0 Å². The summed E-state index contributed by atoms with van der Waals surface area (Å²) in [6.07, 6.45) is 4.52. The van der Waals surface area contributed by atoms with Gasteiger partial charge in [-0.3, -0.25) is 0 Å². The smallest absolute Gasteiger partial charge is 0.104 e. The van der Waals surface area contributed by atoms with Gasteiger partial charge in [-0.1, -0.05) is 0 Å². The number of hydrogen-bond acceptors (Lipinski definition) is 6. The van der Waals surface area contributed by atoms with E-state index in [4.69, 9.17) is 23.7 Å². The van der Waals surface area contributed by atoms with Crippen molar-refractivity contribution in [3.63, 3.8) is 0 Å². The van der Waals surface area contributed by atoms with Crippen LogP contribution >= 0.6 is 0 Å². The molecule has 0 spiro atoms. The van der Waals surface area contributed by atoms with Crippen molar-refractivity contribution in [3.8, 4) is 0 Å². The van der Waals surface area contributed by atoms with Crippen LogP contribution in [0, 0.1) is 5.92 Å². The number of aliphatic hydroxyl groups excluding tert-OH is 1. The summed E-state index contributed by atoms with van der Waals surface area (Å²) >= 11 is 0. The quantitative estimate of drug-likeness (QED) is 0.477. The summed E-state index contributed by atoms with van der Waals surface area (Å²) in [7, 11) is 0. The highest BCUT2D eigenvalue weighted by Crippen LogP contribution is 2.21. The Bertz CT molecular complexity index is 314. The third kappa shape index (κ3) is 7.35. The molecule has 3 saturated heterocycles. The Morgan fingerprint density at radius 3 is 2.05 bits per heavy atom.